The topological polar surface area (TPSA) is 67.8 Å². The summed E-state index contributed by atoms with van der Waals surface area (Å²) in [5.74, 6) is 0.222. The molecule has 1 atom stereocenters. The molecule has 0 spiro atoms. The molecule has 0 aliphatic carbocycles. The van der Waals surface area contributed by atoms with Crippen molar-refractivity contribution >= 4 is 29.1 Å². The van der Waals surface area contributed by atoms with Crippen LogP contribution in [0.15, 0.2) is 36.4 Å². The second-order valence-electron chi connectivity index (χ2n) is 6.89. The first-order chi connectivity index (χ1) is 13.6. The Hall–Kier alpha value is -2.21. The van der Waals surface area contributed by atoms with Crippen molar-refractivity contribution < 1.29 is 10.2 Å². The van der Waals surface area contributed by atoms with Gasteiger partial charge in [0.1, 0.15) is 5.75 Å². The minimum absolute atomic E-state index is 0.129. The Morgan fingerprint density at radius 3 is 2.64 bits per heavy atom. The van der Waals surface area contributed by atoms with Crippen molar-refractivity contribution in [2.24, 2.45) is 0 Å². The average Bonchev–Trinajstić information content (AvgIpc) is 2.72. The maximum absolute atomic E-state index is 10.9. The third kappa shape index (κ3) is 4.12. The molecule has 2 aromatic rings. The van der Waals surface area contributed by atoms with Gasteiger partial charge in [0.2, 0.25) is 0 Å². The number of rotatable bonds is 8. The largest absolute Gasteiger partial charge is 0.505 e. The summed E-state index contributed by atoms with van der Waals surface area (Å²) >= 11 is 6.48. The monoisotopic (exact) mass is 401 g/mol. The Balaban J connectivity index is 1.94. The lowest BCUT2D eigenvalue weighted by Gasteiger charge is -2.26. The third-order valence-electron chi connectivity index (χ3n) is 5.06. The molecule has 0 fully saturated rings. The maximum Gasteiger partial charge on any atom is 0.144 e. The first-order valence-corrected chi connectivity index (χ1v) is 10.1. The summed E-state index contributed by atoms with van der Waals surface area (Å²) in [5.41, 5.74) is 4.35. The van der Waals surface area contributed by atoms with Gasteiger partial charge in [-0.1, -0.05) is 42.8 Å². The van der Waals surface area contributed by atoms with Gasteiger partial charge in [-0.25, -0.2) is 0 Å². The molecule has 0 bridgehead atoms. The van der Waals surface area contributed by atoms with Gasteiger partial charge in [0.15, 0.2) is 0 Å². The first-order valence-electron chi connectivity index (χ1n) is 9.69. The van der Waals surface area contributed by atoms with Crippen LogP contribution in [-0.2, 0) is 0 Å². The average molecular weight is 402 g/mol. The van der Waals surface area contributed by atoms with Crippen LogP contribution >= 0.6 is 11.6 Å². The van der Waals surface area contributed by atoms with Crippen molar-refractivity contribution in [3.8, 4) is 5.75 Å². The number of nitrogens with one attached hydrogen (secondary N) is 2. The second-order valence-corrected chi connectivity index (χ2v) is 7.30. The standard InChI is InChI=1S/C22H28ClN3O2/c1-3-11-26(12-13-27)16-8-6-15(7-9-16)20(24-2)18-14-19(23)17-5-4-10-25-21(17)22(18)28/h4-9,14,20,24-25,27-28H,3,10-13H2,1-2H3. The van der Waals surface area contributed by atoms with Gasteiger partial charge < -0.3 is 25.7 Å². The Morgan fingerprint density at radius 1 is 1.25 bits per heavy atom. The first kappa shape index (κ1) is 20.5. The summed E-state index contributed by atoms with van der Waals surface area (Å²) in [6, 6.07) is 9.86. The molecule has 0 saturated carbocycles. The smallest absolute Gasteiger partial charge is 0.144 e. The summed E-state index contributed by atoms with van der Waals surface area (Å²) in [6.45, 7) is 4.43. The van der Waals surface area contributed by atoms with Gasteiger partial charge in [-0.15, -0.1) is 0 Å². The van der Waals surface area contributed by atoms with Crippen LogP contribution in [0.5, 0.6) is 5.75 Å². The summed E-state index contributed by atoms with van der Waals surface area (Å²) in [5, 5.41) is 27.3. The minimum atomic E-state index is -0.193. The highest BCUT2D eigenvalue weighted by molar-refractivity contribution is 6.33. The number of phenolic OH excluding ortho intramolecular Hbond substituents is 1. The lowest BCUT2D eigenvalue weighted by molar-refractivity contribution is 0.302. The molecule has 6 heteroatoms. The van der Waals surface area contributed by atoms with E-state index in [9.17, 15) is 10.2 Å². The Morgan fingerprint density at radius 2 is 2.00 bits per heavy atom. The lowest BCUT2D eigenvalue weighted by atomic mass is 9.94. The minimum Gasteiger partial charge on any atom is -0.505 e. The normalized spacial score (nSPS) is 13.7. The van der Waals surface area contributed by atoms with E-state index in [0.717, 1.165) is 35.3 Å². The SMILES string of the molecule is CCCN(CCO)c1ccc(C(NC)c2cc(Cl)c3c(c2O)NCC=C3)cc1. The van der Waals surface area contributed by atoms with E-state index in [2.05, 4.69) is 46.7 Å². The zero-order valence-electron chi connectivity index (χ0n) is 16.4. The van der Waals surface area contributed by atoms with Crippen molar-refractivity contribution in [2.75, 3.05) is 43.5 Å². The Kier molecular flexibility index (Phi) is 6.83. The lowest BCUT2D eigenvalue weighted by Crippen LogP contribution is -2.27. The van der Waals surface area contributed by atoms with Crippen LogP contribution < -0.4 is 15.5 Å². The highest BCUT2D eigenvalue weighted by Crippen LogP contribution is 2.42. The van der Waals surface area contributed by atoms with Crippen molar-refractivity contribution in [3.05, 3.63) is 58.1 Å². The molecule has 5 nitrogen and oxygen atoms in total. The fraction of sp³-hybridized carbons (Fsp3) is 0.364. The van der Waals surface area contributed by atoms with E-state index in [1.165, 1.54) is 0 Å². The van der Waals surface area contributed by atoms with Crippen molar-refractivity contribution in [2.45, 2.75) is 19.4 Å². The van der Waals surface area contributed by atoms with Crippen molar-refractivity contribution in [1.82, 2.24) is 5.32 Å². The zero-order chi connectivity index (χ0) is 20.1. The van der Waals surface area contributed by atoms with Crippen LogP contribution in [0.1, 0.15) is 36.1 Å². The molecule has 0 radical (unpaired) electrons. The number of nitrogens with zero attached hydrogens (tertiary/aromatic N) is 1. The highest BCUT2D eigenvalue weighted by atomic mass is 35.5. The summed E-state index contributed by atoms with van der Waals surface area (Å²) < 4.78 is 0. The van der Waals surface area contributed by atoms with Gasteiger partial charge in [0, 0.05) is 36.4 Å². The Labute approximate surface area is 171 Å². The van der Waals surface area contributed by atoms with Crippen molar-refractivity contribution in [1.29, 1.82) is 0 Å². The summed E-state index contributed by atoms with van der Waals surface area (Å²) in [6.07, 6.45) is 4.93. The van der Waals surface area contributed by atoms with Crippen LogP contribution in [0.2, 0.25) is 5.02 Å². The molecule has 1 aliphatic heterocycles. The molecular formula is C22H28ClN3O2. The number of aliphatic hydroxyl groups excluding tert-OH is 1. The number of benzene rings is 2. The van der Waals surface area contributed by atoms with E-state index < -0.39 is 0 Å². The van der Waals surface area contributed by atoms with E-state index in [1.807, 2.05) is 25.3 Å². The molecule has 0 aromatic heterocycles. The van der Waals surface area contributed by atoms with E-state index in [0.29, 0.717) is 23.8 Å². The molecular weight excluding hydrogens is 374 g/mol. The summed E-state index contributed by atoms with van der Waals surface area (Å²) in [7, 11) is 1.87. The van der Waals surface area contributed by atoms with Crippen LogP contribution in [-0.4, -0.2) is 43.5 Å². The van der Waals surface area contributed by atoms with Gasteiger partial charge >= 0.3 is 0 Å². The summed E-state index contributed by atoms with van der Waals surface area (Å²) in [4.78, 5) is 2.17. The fourth-order valence-corrected chi connectivity index (χ4v) is 3.99. The van der Waals surface area contributed by atoms with Crippen LogP contribution in [0.3, 0.4) is 0 Å². The number of phenols is 1. The number of aliphatic hydroxyl groups is 1. The predicted molar refractivity (Wildman–Crippen MR) is 118 cm³/mol. The third-order valence-corrected chi connectivity index (χ3v) is 5.37. The molecule has 2 aromatic carbocycles. The van der Waals surface area contributed by atoms with Crippen LogP contribution in [0, 0.1) is 0 Å². The Bertz CT molecular complexity index is 831. The van der Waals surface area contributed by atoms with Gasteiger partial charge in [0.25, 0.3) is 0 Å². The van der Waals surface area contributed by atoms with Crippen molar-refractivity contribution in [3.63, 3.8) is 0 Å². The molecule has 0 saturated heterocycles. The molecule has 1 aliphatic rings. The molecule has 1 unspecified atom stereocenters. The van der Waals surface area contributed by atoms with Crippen LogP contribution in [0.25, 0.3) is 6.08 Å². The molecule has 150 valence electrons. The number of fused-ring (bicyclic) bond motifs is 1. The molecule has 1 heterocycles. The molecule has 28 heavy (non-hydrogen) atoms. The van der Waals surface area contributed by atoms with E-state index >= 15 is 0 Å². The number of aromatic hydroxyl groups is 1. The van der Waals surface area contributed by atoms with Gasteiger partial charge in [-0.2, -0.15) is 0 Å². The highest BCUT2D eigenvalue weighted by Gasteiger charge is 2.23. The number of anilines is 2. The van der Waals surface area contributed by atoms with Gasteiger partial charge in [-0.3, -0.25) is 0 Å². The van der Waals surface area contributed by atoms with Gasteiger partial charge in [0.05, 0.1) is 23.4 Å². The van der Waals surface area contributed by atoms with Crippen LogP contribution in [0.4, 0.5) is 11.4 Å². The molecule has 0 amide bonds. The van der Waals surface area contributed by atoms with E-state index in [4.69, 9.17) is 11.6 Å². The second kappa shape index (κ2) is 9.32. The fourth-order valence-electron chi connectivity index (χ4n) is 3.71. The van der Waals surface area contributed by atoms with E-state index in [1.54, 1.807) is 0 Å². The molecule has 4 N–H and O–H groups in total. The number of halogens is 1. The number of hydrogen-bond acceptors (Lipinski definition) is 5. The number of hydrogen-bond donors (Lipinski definition) is 4. The molecule has 3 rings (SSSR count). The quantitative estimate of drug-likeness (QED) is 0.503. The van der Waals surface area contributed by atoms with E-state index in [-0.39, 0.29) is 18.4 Å². The maximum atomic E-state index is 10.9. The predicted octanol–water partition coefficient (Wildman–Crippen LogP) is 4.00. The zero-order valence-corrected chi connectivity index (χ0v) is 17.1. The van der Waals surface area contributed by atoms with Gasteiger partial charge in [-0.05, 0) is 37.2 Å².